The van der Waals surface area contributed by atoms with E-state index in [0.29, 0.717) is 0 Å². The van der Waals surface area contributed by atoms with Gasteiger partial charge in [0.1, 0.15) is 0 Å². The summed E-state index contributed by atoms with van der Waals surface area (Å²) in [6.45, 7) is 4.14. The molecular weight excluding hydrogens is 251 g/mol. The van der Waals surface area contributed by atoms with Gasteiger partial charge in [-0.25, -0.2) is 0 Å². The van der Waals surface area contributed by atoms with E-state index in [4.69, 9.17) is 0 Å². The van der Waals surface area contributed by atoms with Crippen molar-refractivity contribution in [3.05, 3.63) is 29.8 Å². The minimum atomic E-state index is -4.30. The van der Waals surface area contributed by atoms with Gasteiger partial charge >= 0.3 is 6.18 Å². The zero-order chi connectivity index (χ0) is 14.3. The number of anilines is 1. The largest absolute Gasteiger partial charge is 0.418 e. The number of rotatable bonds is 7. The van der Waals surface area contributed by atoms with E-state index < -0.39 is 11.7 Å². The number of halogens is 3. The van der Waals surface area contributed by atoms with Gasteiger partial charge in [-0.3, -0.25) is 0 Å². The van der Waals surface area contributed by atoms with Crippen molar-refractivity contribution in [3.63, 3.8) is 0 Å². The molecule has 0 aromatic heterocycles. The molecule has 0 aliphatic rings. The minimum absolute atomic E-state index is 0.119. The predicted octanol–water partition coefficient (Wildman–Crippen LogP) is 5.48. The van der Waals surface area contributed by atoms with Gasteiger partial charge in [0, 0.05) is 11.7 Å². The highest BCUT2D eigenvalue weighted by molar-refractivity contribution is 5.53. The van der Waals surface area contributed by atoms with Crippen LogP contribution in [0.25, 0.3) is 0 Å². The molecule has 1 aromatic carbocycles. The summed E-state index contributed by atoms with van der Waals surface area (Å²) in [5.41, 5.74) is -0.378. The van der Waals surface area contributed by atoms with Gasteiger partial charge in [-0.2, -0.15) is 13.2 Å². The van der Waals surface area contributed by atoms with Crippen LogP contribution in [-0.2, 0) is 6.18 Å². The van der Waals surface area contributed by atoms with Crippen molar-refractivity contribution < 1.29 is 13.2 Å². The third kappa shape index (κ3) is 5.13. The first-order chi connectivity index (χ1) is 8.99. The van der Waals surface area contributed by atoms with E-state index in [0.717, 1.165) is 38.2 Å². The molecule has 0 fully saturated rings. The Kier molecular flexibility index (Phi) is 6.19. The van der Waals surface area contributed by atoms with Crippen LogP contribution in [0.3, 0.4) is 0 Å². The van der Waals surface area contributed by atoms with Gasteiger partial charge in [-0.1, -0.05) is 45.2 Å². The molecule has 1 unspecified atom stereocenters. The maximum absolute atomic E-state index is 12.9. The molecule has 0 spiro atoms. The normalized spacial score (nSPS) is 13.3. The summed E-state index contributed by atoms with van der Waals surface area (Å²) >= 11 is 0. The molecule has 1 nitrogen and oxygen atoms in total. The third-order valence-corrected chi connectivity index (χ3v) is 3.14. The van der Waals surface area contributed by atoms with E-state index in [2.05, 4.69) is 19.2 Å². The van der Waals surface area contributed by atoms with Gasteiger partial charge in [0.05, 0.1) is 5.56 Å². The van der Waals surface area contributed by atoms with Crippen molar-refractivity contribution >= 4 is 5.69 Å². The fraction of sp³-hybridized carbons (Fsp3) is 0.600. The lowest BCUT2D eigenvalue weighted by molar-refractivity contribution is -0.137. The molecule has 0 bridgehead atoms. The van der Waals surface area contributed by atoms with Crippen LogP contribution in [0.4, 0.5) is 18.9 Å². The number of hydrogen-bond acceptors (Lipinski definition) is 1. The molecule has 1 atom stereocenters. The smallest absolute Gasteiger partial charge is 0.382 e. The summed E-state index contributed by atoms with van der Waals surface area (Å²) in [7, 11) is 0. The molecular formula is C15H22F3N. The Hall–Kier alpha value is -1.19. The maximum Gasteiger partial charge on any atom is 0.418 e. The van der Waals surface area contributed by atoms with Gasteiger partial charge in [0.25, 0.3) is 0 Å². The summed E-state index contributed by atoms with van der Waals surface area (Å²) in [6.07, 6.45) is 0.568. The Balaban J connectivity index is 2.83. The summed E-state index contributed by atoms with van der Waals surface area (Å²) in [5.74, 6) is 0. The Morgan fingerprint density at radius 2 is 1.74 bits per heavy atom. The monoisotopic (exact) mass is 273 g/mol. The molecule has 0 saturated heterocycles. The molecule has 4 heteroatoms. The topological polar surface area (TPSA) is 12.0 Å². The van der Waals surface area contributed by atoms with Crippen molar-refractivity contribution in [3.8, 4) is 0 Å². The molecule has 0 saturated carbocycles. The molecule has 1 aromatic rings. The van der Waals surface area contributed by atoms with Gasteiger partial charge in [0.2, 0.25) is 0 Å². The molecule has 0 radical (unpaired) electrons. The lowest BCUT2D eigenvalue weighted by Crippen LogP contribution is -2.21. The second kappa shape index (κ2) is 7.41. The van der Waals surface area contributed by atoms with Crippen molar-refractivity contribution in [2.24, 2.45) is 0 Å². The van der Waals surface area contributed by atoms with E-state index in [-0.39, 0.29) is 11.7 Å². The molecule has 0 amide bonds. The first-order valence-electron chi connectivity index (χ1n) is 6.91. The van der Waals surface area contributed by atoms with Crippen LogP contribution < -0.4 is 5.32 Å². The highest BCUT2D eigenvalue weighted by Crippen LogP contribution is 2.35. The summed E-state index contributed by atoms with van der Waals surface area (Å²) in [4.78, 5) is 0. The minimum Gasteiger partial charge on any atom is -0.382 e. The average Bonchev–Trinajstić information content (AvgIpc) is 2.35. The summed E-state index contributed by atoms with van der Waals surface area (Å²) in [6, 6.07) is 5.83. The number of nitrogens with one attached hydrogen (secondary N) is 1. The Bertz CT molecular complexity index is 374. The number of hydrogen-bond donors (Lipinski definition) is 1. The highest BCUT2D eigenvalue weighted by atomic mass is 19.4. The van der Waals surface area contributed by atoms with E-state index in [9.17, 15) is 13.2 Å². The fourth-order valence-corrected chi connectivity index (χ4v) is 2.16. The Morgan fingerprint density at radius 3 is 2.32 bits per heavy atom. The third-order valence-electron chi connectivity index (χ3n) is 3.14. The molecule has 0 aliphatic carbocycles. The van der Waals surface area contributed by atoms with E-state index in [1.807, 2.05) is 0 Å². The second-order valence-electron chi connectivity index (χ2n) is 4.82. The van der Waals surface area contributed by atoms with E-state index >= 15 is 0 Å². The molecule has 1 rings (SSSR count). The SMILES string of the molecule is CCCCC(CCC)Nc1ccccc1C(F)(F)F. The van der Waals surface area contributed by atoms with Crippen LogP contribution in [0.5, 0.6) is 0 Å². The van der Waals surface area contributed by atoms with Gasteiger partial charge in [-0.05, 0) is 25.0 Å². The number of para-hydroxylation sites is 1. The van der Waals surface area contributed by atoms with Crippen LogP contribution in [0.15, 0.2) is 24.3 Å². The van der Waals surface area contributed by atoms with Crippen LogP contribution in [0, 0.1) is 0 Å². The standard InChI is InChI=1S/C15H22F3N/c1-3-5-9-12(8-4-2)19-14-11-7-6-10-13(14)15(16,17)18/h6-7,10-12,19H,3-5,8-9H2,1-2H3. The first kappa shape index (κ1) is 15.9. The van der Waals surface area contributed by atoms with E-state index in [1.165, 1.54) is 12.1 Å². The molecule has 0 aliphatic heterocycles. The van der Waals surface area contributed by atoms with Crippen LogP contribution in [0.1, 0.15) is 51.5 Å². The number of benzene rings is 1. The molecule has 108 valence electrons. The van der Waals surface area contributed by atoms with Crippen molar-refractivity contribution in [2.45, 2.75) is 58.2 Å². The molecule has 1 N–H and O–H groups in total. The maximum atomic E-state index is 12.9. The Labute approximate surface area is 113 Å². The first-order valence-corrected chi connectivity index (χ1v) is 6.91. The van der Waals surface area contributed by atoms with E-state index in [1.54, 1.807) is 6.07 Å². The van der Waals surface area contributed by atoms with Crippen molar-refractivity contribution in [2.75, 3.05) is 5.32 Å². The fourth-order valence-electron chi connectivity index (χ4n) is 2.16. The van der Waals surface area contributed by atoms with Gasteiger partial charge in [-0.15, -0.1) is 0 Å². The van der Waals surface area contributed by atoms with Gasteiger partial charge < -0.3 is 5.32 Å². The zero-order valence-corrected chi connectivity index (χ0v) is 11.6. The summed E-state index contributed by atoms with van der Waals surface area (Å²) in [5, 5.41) is 3.07. The zero-order valence-electron chi connectivity index (χ0n) is 11.6. The predicted molar refractivity (Wildman–Crippen MR) is 73.3 cm³/mol. The number of unbranched alkanes of at least 4 members (excludes halogenated alkanes) is 1. The lowest BCUT2D eigenvalue weighted by Gasteiger charge is -2.22. The highest BCUT2D eigenvalue weighted by Gasteiger charge is 2.33. The average molecular weight is 273 g/mol. The van der Waals surface area contributed by atoms with Crippen LogP contribution >= 0.6 is 0 Å². The van der Waals surface area contributed by atoms with Crippen molar-refractivity contribution in [1.29, 1.82) is 0 Å². The number of alkyl halides is 3. The Morgan fingerprint density at radius 1 is 1.05 bits per heavy atom. The molecule has 0 heterocycles. The van der Waals surface area contributed by atoms with Gasteiger partial charge in [0.15, 0.2) is 0 Å². The van der Waals surface area contributed by atoms with Crippen LogP contribution in [0.2, 0.25) is 0 Å². The second-order valence-corrected chi connectivity index (χ2v) is 4.82. The van der Waals surface area contributed by atoms with Crippen LogP contribution in [-0.4, -0.2) is 6.04 Å². The quantitative estimate of drug-likeness (QED) is 0.694. The summed E-state index contributed by atoms with van der Waals surface area (Å²) < 4.78 is 38.7. The van der Waals surface area contributed by atoms with Crippen molar-refractivity contribution in [1.82, 2.24) is 0 Å². The molecule has 19 heavy (non-hydrogen) atoms. The lowest BCUT2D eigenvalue weighted by atomic mass is 10.0.